The van der Waals surface area contributed by atoms with Gasteiger partial charge in [0.1, 0.15) is 0 Å². The fraction of sp³-hybridized carbons (Fsp3) is 0.600. The Morgan fingerprint density at radius 1 is 1.55 bits per heavy atom. The number of carbonyl (C=O) groups excluding carboxylic acids is 1. The first-order chi connectivity index (χ1) is 4.92. The Morgan fingerprint density at radius 3 is 2.27 bits per heavy atom. The van der Waals surface area contributed by atoms with Crippen molar-refractivity contribution in [2.75, 3.05) is 6.61 Å². The van der Waals surface area contributed by atoms with Crippen molar-refractivity contribution in [1.29, 1.82) is 0 Å². The maximum atomic E-state index is 12.1. The molecule has 0 aliphatic carbocycles. The summed E-state index contributed by atoms with van der Waals surface area (Å²) in [7, 11) is 0. The molecule has 0 aromatic carbocycles. The Bertz CT molecular complexity index is 177. The summed E-state index contributed by atoms with van der Waals surface area (Å²) in [5, 5.41) is 7.79. The second kappa shape index (κ2) is 3.27. The number of carbonyl (C=O) groups is 2. The van der Waals surface area contributed by atoms with Gasteiger partial charge in [-0.05, 0) is 6.92 Å². The van der Waals surface area contributed by atoms with Crippen molar-refractivity contribution in [1.82, 2.24) is 0 Å². The number of ether oxygens (including phenoxy) is 1. The lowest BCUT2D eigenvalue weighted by atomic mass is 10.3. The Hall–Kier alpha value is -1.20. The van der Waals surface area contributed by atoms with Gasteiger partial charge in [-0.1, -0.05) is 0 Å². The summed E-state index contributed by atoms with van der Waals surface area (Å²) in [5.41, 5.74) is 0. The van der Waals surface area contributed by atoms with Crippen LogP contribution in [-0.4, -0.2) is 29.6 Å². The minimum atomic E-state index is -4.43. The standard InChI is InChI=1S/C5H6F2O4/c1-2-11-4(10)5(6,7)3(8)9/h2H2,1H3,(H,8,9). The molecule has 0 unspecified atom stereocenters. The summed E-state index contributed by atoms with van der Waals surface area (Å²) in [6, 6.07) is 0. The van der Waals surface area contributed by atoms with Crippen molar-refractivity contribution in [3.8, 4) is 0 Å². The highest BCUT2D eigenvalue weighted by Crippen LogP contribution is 2.15. The van der Waals surface area contributed by atoms with E-state index in [2.05, 4.69) is 4.74 Å². The van der Waals surface area contributed by atoms with E-state index < -0.39 is 17.9 Å². The highest BCUT2D eigenvalue weighted by molar-refractivity contribution is 6.00. The number of alkyl halides is 2. The van der Waals surface area contributed by atoms with Gasteiger partial charge in [-0.2, -0.15) is 8.78 Å². The van der Waals surface area contributed by atoms with Crippen LogP contribution in [0, 0.1) is 0 Å². The third-order valence-electron chi connectivity index (χ3n) is 0.800. The molecule has 0 fully saturated rings. The fourth-order valence-electron chi connectivity index (χ4n) is 0.309. The third kappa shape index (κ3) is 2.14. The molecule has 0 aromatic heterocycles. The number of esters is 1. The number of hydrogen-bond acceptors (Lipinski definition) is 3. The second-order valence-corrected chi connectivity index (χ2v) is 1.60. The van der Waals surface area contributed by atoms with Gasteiger partial charge in [-0.15, -0.1) is 0 Å². The quantitative estimate of drug-likeness (QED) is 0.485. The molecule has 0 spiro atoms. The van der Waals surface area contributed by atoms with E-state index in [1.807, 2.05) is 0 Å². The largest absolute Gasteiger partial charge is 0.476 e. The second-order valence-electron chi connectivity index (χ2n) is 1.60. The molecule has 0 aromatic rings. The summed E-state index contributed by atoms with van der Waals surface area (Å²) in [6.45, 7) is 1.03. The van der Waals surface area contributed by atoms with Gasteiger partial charge < -0.3 is 9.84 Å². The van der Waals surface area contributed by atoms with E-state index >= 15 is 0 Å². The zero-order chi connectivity index (χ0) is 9.07. The molecule has 11 heavy (non-hydrogen) atoms. The SMILES string of the molecule is CCOC(=O)C(F)(F)C(=O)O. The van der Waals surface area contributed by atoms with E-state index in [4.69, 9.17) is 5.11 Å². The predicted molar refractivity (Wildman–Crippen MR) is 29.2 cm³/mol. The minimum Gasteiger partial charge on any atom is -0.476 e. The molecule has 0 heterocycles. The van der Waals surface area contributed by atoms with Gasteiger partial charge in [-0.3, -0.25) is 0 Å². The molecule has 1 N–H and O–H groups in total. The maximum Gasteiger partial charge on any atom is 0.437 e. The van der Waals surface area contributed by atoms with E-state index in [1.54, 1.807) is 0 Å². The molecule has 0 radical (unpaired) electrons. The van der Waals surface area contributed by atoms with E-state index in [0.717, 1.165) is 0 Å². The predicted octanol–water partition coefficient (Wildman–Crippen LogP) is 0.269. The zero-order valence-corrected chi connectivity index (χ0v) is 5.63. The normalized spacial score (nSPS) is 10.8. The molecule has 4 nitrogen and oxygen atoms in total. The van der Waals surface area contributed by atoms with Crippen LogP contribution in [0.4, 0.5) is 8.78 Å². The Balaban J connectivity index is 4.30. The number of aliphatic carboxylic acids is 1. The molecular weight excluding hydrogens is 162 g/mol. The molecule has 0 atom stereocenters. The van der Waals surface area contributed by atoms with E-state index in [1.165, 1.54) is 6.92 Å². The highest BCUT2D eigenvalue weighted by atomic mass is 19.3. The van der Waals surface area contributed by atoms with Crippen molar-refractivity contribution < 1.29 is 28.2 Å². The van der Waals surface area contributed by atoms with Crippen LogP contribution in [0.3, 0.4) is 0 Å². The topological polar surface area (TPSA) is 63.6 Å². The summed E-state index contributed by atoms with van der Waals surface area (Å²) in [4.78, 5) is 19.8. The van der Waals surface area contributed by atoms with Crippen LogP contribution >= 0.6 is 0 Å². The van der Waals surface area contributed by atoms with Crippen LogP contribution in [0.1, 0.15) is 6.92 Å². The summed E-state index contributed by atoms with van der Waals surface area (Å²) < 4.78 is 27.9. The van der Waals surface area contributed by atoms with Gasteiger partial charge in [0.25, 0.3) is 0 Å². The van der Waals surface area contributed by atoms with E-state index in [9.17, 15) is 18.4 Å². The summed E-state index contributed by atoms with van der Waals surface area (Å²) in [5.74, 6) is -8.97. The van der Waals surface area contributed by atoms with Crippen molar-refractivity contribution in [2.24, 2.45) is 0 Å². The number of carboxylic acids is 1. The Morgan fingerprint density at radius 2 is 2.00 bits per heavy atom. The first-order valence-electron chi connectivity index (χ1n) is 2.71. The Labute approximate surface area is 60.8 Å². The lowest BCUT2D eigenvalue weighted by Crippen LogP contribution is -2.39. The number of hydrogen-bond donors (Lipinski definition) is 1. The monoisotopic (exact) mass is 168 g/mol. The highest BCUT2D eigenvalue weighted by Gasteiger charge is 2.49. The summed E-state index contributed by atoms with van der Waals surface area (Å²) in [6.07, 6.45) is 0. The number of rotatable bonds is 3. The number of halogens is 2. The van der Waals surface area contributed by atoms with E-state index in [-0.39, 0.29) is 6.61 Å². The molecule has 0 saturated heterocycles. The Kier molecular flexibility index (Phi) is 2.91. The lowest BCUT2D eigenvalue weighted by molar-refractivity contribution is -0.186. The zero-order valence-electron chi connectivity index (χ0n) is 5.63. The van der Waals surface area contributed by atoms with Gasteiger partial charge in [0, 0.05) is 0 Å². The van der Waals surface area contributed by atoms with Crippen LogP contribution < -0.4 is 0 Å². The molecule has 64 valence electrons. The van der Waals surface area contributed by atoms with Gasteiger partial charge in [0.2, 0.25) is 0 Å². The molecule has 0 amide bonds. The first-order valence-corrected chi connectivity index (χ1v) is 2.71. The molecule has 0 saturated carbocycles. The van der Waals surface area contributed by atoms with Gasteiger partial charge in [-0.25, -0.2) is 9.59 Å². The minimum absolute atomic E-state index is 0.276. The van der Waals surface area contributed by atoms with Crippen molar-refractivity contribution >= 4 is 11.9 Å². The molecule has 0 aliphatic heterocycles. The van der Waals surface area contributed by atoms with Crippen LogP contribution in [0.15, 0.2) is 0 Å². The smallest absolute Gasteiger partial charge is 0.437 e. The van der Waals surface area contributed by atoms with Crippen molar-refractivity contribution in [2.45, 2.75) is 12.8 Å². The van der Waals surface area contributed by atoms with Crippen molar-refractivity contribution in [3.63, 3.8) is 0 Å². The van der Waals surface area contributed by atoms with Gasteiger partial charge in [0.05, 0.1) is 6.61 Å². The van der Waals surface area contributed by atoms with Gasteiger partial charge >= 0.3 is 17.9 Å². The third-order valence-corrected chi connectivity index (χ3v) is 0.800. The average Bonchev–Trinajstić information content (AvgIpc) is 1.88. The number of carboxylic acid groups (broad SMARTS) is 1. The summed E-state index contributed by atoms with van der Waals surface area (Å²) >= 11 is 0. The maximum absolute atomic E-state index is 12.1. The van der Waals surface area contributed by atoms with Crippen molar-refractivity contribution in [3.05, 3.63) is 0 Å². The van der Waals surface area contributed by atoms with E-state index in [0.29, 0.717) is 0 Å². The molecule has 0 aliphatic rings. The lowest BCUT2D eigenvalue weighted by Gasteiger charge is -2.08. The molecule has 0 rings (SSSR count). The molecule has 6 heteroatoms. The van der Waals surface area contributed by atoms with Crippen LogP contribution in [0.25, 0.3) is 0 Å². The fourth-order valence-corrected chi connectivity index (χ4v) is 0.309. The average molecular weight is 168 g/mol. The molecule has 0 bridgehead atoms. The van der Waals surface area contributed by atoms with Crippen LogP contribution in [0.5, 0.6) is 0 Å². The van der Waals surface area contributed by atoms with Gasteiger partial charge in [0.15, 0.2) is 0 Å². The van der Waals surface area contributed by atoms with Crippen LogP contribution in [0.2, 0.25) is 0 Å². The molecular formula is C5H6F2O4. The first kappa shape index (κ1) is 9.80. The van der Waals surface area contributed by atoms with Crippen LogP contribution in [-0.2, 0) is 14.3 Å².